The van der Waals surface area contributed by atoms with Crippen LogP contribution >= 0.6 is 31.9 Å². The molecular formula is C26H34Br2O8. The highest BCUT2D eigenvalue weighted by atomic mass is 79.9. The number of hydrogen-bond acceptors (Lipinski definition) is 8. The van der Waals surface area contributed by atoms with Crippen LogP contribution in [0.3, 0.4) is 0 Å². The number of esters is 2. The van der Waals surface area contributed by atoms with Gasteiger partial charge in [-0.3, -0.25) is 0 Å². The second kappa shape index (κ2) is 16.6. The van der Waals surface area contributed by atoms with Gasteiger partial charge in [0, 0.05) is 22.2 Å². The lowest BCUT2D eigenvalue weighted by atomic mass is 10.0. The average Bonchev–Trinajstić information content (AvgIpc) is 2.86. The second-order valence-electron chi connectivity index (χ2n) is 7.23. The molecule has 0 radical (unpaired) electrons. The van der Waals surface area contributed by atoms with Crippen molar-refractivity contribution in [3.8, 4) is 11.5 Å². The van der Waals surface area contributed by atoms with Crippen LogP contribution in [0, 0.1) is 0 Å². The van der Waals surface area contributed by atoms with Crippen LogP contribution < -0.4 is 4.74 Å². The zero-order chi connectivity index (χ0) is 27.3. The van der Waals surface area contributed by atoms with Gasteiger partial charge < -0.3 is 28.8 Å². The molecule has 200 valence electrons. The molecular weight excluding hydrogens is 600 g/mol. The van der Waals surface area contributed by atoms with Gasteiger partial charge in [0.15, 0.2) is 6.29 Å². The van der Waals surface area contributed by atoms with Gasteiger partial charge in [-0.2, -0.15) is 0 Å². The molecule has 0 saturated carbocycles. The first kappa shape index (κ1) is 31.9. The smallest absolute Gasteiger partial charge is 0.338 e. The van der Waals surface area contributed by atoms with Gasteiger partial charge in [-0.25, -0.2) is 9.59 Å². The molecule has 1 N–H and O–H groups in total. The van der Waals surface area contributed by atoms with Gasteiger partial charge >= 0.3 is 11.9 Å². The molecule has 0 aliphatic carbocycles. The van der Waals surface area contributed by atoms with Gasteiger partial charge in [0.1, 0.15) is 18.1 Å². The topological polar surface area (TPSA) is 101 Å². The van der Waals surface area contributed by atoms with E-state index < -0.39 is 12.3 Å². The maximum absolute atomic E-state index is 11.9. The van der Waals surface area contributed by atoms with Crippen LogP contribution in [0.25, 0.3) is 0 Å². The van der Waals surface area contributed by atoms with E-state index in [2.05, 4.69) is 36.6 Å². The zero-order valence-electron chi connectivity index (χ0n) is 21.5. The van der Waals surface area contributed by atoms with Crippen molar-refractivity contribution in [1.29, 1.82) is 0 Å². The van der Waals surface area contributed by atoms with Crippen LogP contribution in [0.4, 0.5) is 0 Å². The first-order chi connectivity index (χ1) is 17.2. The molecule has 2 aromatic rings. The molecule has 0 fully saturated rings. The third-order valence-corrected chi connectivity index (χ3v) is 6.37. The van der Waals surface area contributed by atoms with Crippen LogP contribution in [0.1, 0.15) is 59.5 Å². The van der Waals surface area contributed by atoms with E-state index in [9.17, 15) is 14.7 Å². The van der Waals surface area contributed by atoms with E-state index in [0.29, 0.717) is 42.9 Å². The van der Waals surface area contributed by atoms with Crippen molar-refractivity contribution in [3.63, 3.8) is 0 Å². The van der Waals surface area contributed by atoms with E-state index in [4.69, 9.17) is 18.9 Å². The van der Waals surface area contributed by atoms with Crippen molar-refractivity contribution in [2.75, 3.05) is 34.0 Å². The van der Waals surface area contributed by atoms with E-state index in [1.54, 1.807) is 12.1 Å². The number of benzene rings is 2. The number of ether oxygens (including phenoxy) is 5. The van der Waals surface area contributed by atoms with Crippen molar-refractivity contribution in [2.24, 2.45) is 0 Å². The van der Waals surface area contributed by atoms with Crippen LogP contribution in [0.15, 0.2) is 33.2 Å². The summed E-state index contributed by atoms with van der Waals surface area (Å²) in [7, 11) is 2.68. The fourth-order valence-corrected chi connectivity index (χ4v) is 4.75. The van der Waals surface area contributed by atoms with Crippen LogP contribution in [-0.2, 0) is 31.8 Å². The van der Waals surface area contributed by atoms with E-state index in [0.717, 1.165) is 20.1 Å². The Bertz CT molecular complexity index is 1000. The molecule has 0 amide bonds. The van der Waals surface area contributed by atoms with Gasteiger partial charge in [-0.15, -0.1) is 0 Å². The van der Waals surface area contributed by atoms with Crippen LogP contribution in [-0.4, -0.2) is 57.4 Å². The summed E-state index contributed by atoms with van der Waals surface area (Å²) < 4.78 is 27.5. The first-order valence-electron chi connectivity index (χ1n) is 11.5. The van der Waals surface area contributed by atoms with E-state index in [1.807, 2.05) is 33.8 Å². The van der Waals surface area contributed by atoms with Crippen molar-refractivity contribution >= 4 is 43.8 Å². The van der Waals surface area contributed by atoms with Gasteiger partial charge in [-0.1, -0.05) is 45.7 Å². The number of carbonyl (C=O) groups is 2. The Labute approximate surface area is 229 Å². The Kier molecular flexibility index (Phi) is 14.7. The third-order valence-electron chi connectivity index (χ3n) is 4.96. The highest BCUT2D eigenvalue weighted by Gasteiger charge is 2.17. The van der Waals surface area contributed by atoms with Crippen molar-refractivity contribution < 1.29 is 38.4 Å². The lowest BCUT2D eigenvalue weighted by molar-refractivity contribution is -0.152. The Balaban J connectivity index is 0.000000397. The van der Waals surface area contributed by atoms with Crippen molar-refractivity contribution in [1.82, 2.24) is 0 Å². The summed E-state index contributed by atoms with van der Waals surface area (Å²) in [4.78, 5) is 23.2. The Morgan fingerprint density at radius 3 is 1.72 bits per heavy atom. The third kappa shape index (κ3) is 9.38. The molecule has 0 aromatic heterocycles. The standard InChI is InChI=1S/C16H23BrO5.C10H11BrO3/c1-5-12-13(16(18)19-4)8-11(9-14(12)17)22-10-15(20-6-2)21-7-3;1-3-7-8(10(13)14-2)4-6(12)5-9(7)11/h8-9,15H,5-7,10H2,1-4H3;4-5,12H,3H2,1-2H3. The van der Waals surface area contributed by atoms with Gasteiger partial charge in [0.25, 0.3) is 0 Å². The summed E-state index contributed by atoms with van der Waals surface area (Å²) in [6.07, 6.45) is 0.984. The average molecular weight is 634 g/mol. The summed E-state index contributed by atoms with van der Waals surface area (Å²) in [6, 6.07) is 6.49. The fourth-order valence-electron chi connectivity index (χ4n) is 3.30. The predicted octanol–water partition coefficient (Wildman–Crippen LogP) is 6.08. The summed E-state index contributed by atoms with van der Waals surface area (Å²) in [5.74, 6) is -0.198. The Morgan fingerprint density at radius 2 is 1.28 bits per heavy atom. The van der Waals surface area contributed by atoms with Crippen LogP contribution in [0.5, 0.6) is 11.5 Å². The maximum atomic E-state index is 11.9. The molecule has 8 nitrogen and oxygen atoms in total. The summed E-state index contributed by atoms with van der Waals surface area (Å²) in [6.45, 7) is 9.04. The summed E-state index contributed by atoms with van der Waals surface area (Å²) in [5.41, 5.74) is 2.64. The largest absolute Gasteiger partial charge is 0.508 e. The SMILES string of the molecule is CCOC(COc1cc(Br)c(CC)c(C(=O)OC)c1)OCC.CCc1c(Br)cc(O)cc1C(=O)OC. The molecule has 0 unspecified atom stereocenters. The minimum Gasteiger partial charge on any atom is -0.508 e. The number of phenolic OH excluding ortho intramolecular Hbond substituents is 1. The number of hydrogen-bond donors (Lipinski definition) is 1. The lowest BCUT2D eigenvalue weighted by Gasteiger charge is -2.18. The second-order valence-corrected chi connectivity index (χ2v) is 8.94. The molecule has 2 aromatic carbocycles. The molecule has 10 heteroatoms. The number of phenols is 1. The summed E-state index contributed by atoms with van der Waals surface area (Å²) >= 11 is 6.76. The molecule has 2 rings (SSSR count). The molecule has 0 bridgehead atoms. The molecule has 0 atom stereocenters. The molecule has 0 saturated heterocycles. The Hall–Kier alpha value is -2.14. The fraction of sp³-hybridized carbons (Fsp3) is 0.462. The van der Waals surface area contributed by atoms with E-state index in [-0.39, 0.29) is 18.3 Å². The normalized spacial score (nSPS) is 10.5. The Morgan fingerprint density at radius 1 is 0.806 bits per heavy atom. The minimum atomic E-state index is -0.432. The maximum Gasteiger partial charge on any atom is 0.338 e. The van der Waals surface area contributed by atoms with Gasteiger partial charge in [-0.05, 0) is 62.1 Å². The quantitative estimate of drug-likeness (QED) is 0.235. The predicted molar refractivity (Wildman–Crippen MR) is 144 cm³/mol. The van der Waals surface area contributed by atoms with Crippen molar-refractivity contribution in [3.05, 3.63) is 55.5 Å². The van der Waals surface area contributed by atoms with Gasteiger partial charge in [0.05, 0.1) is 25.3 Å². The first-order valence-corrected chi connectivity index (χ1v) is 13.1. The molecule has 0 spiro atoms. The molecule has 0 aliphatic rings. The highest BCUT2D eigenvalue weighted by Crippen LogP contribution is 2.29. The number of rotatable bonds is 11. The zero-order valence-corrected chi connectivity index (χ0v) is 24.7. The molecule has 0 heterocycles. The van der Waals surface area contributed by atoms with Crippen molar-refractivity contribution in [2.45, 2.75) is 46.8 Å². The number of carbonyl (C=O) groups excluding carboxylic acids is 2. The lowest BCUT2D eigenvalue weighted by Crippen LogP contribution is -2.25. The molecule has 36 heavy (non-hydrogen) atoms. The highest BCUT2D eigenvalue weighted by molar-refractivity contribution is 9.10. The van der Waals surface area contributed by atoms with Gasteiger partial charge in [0.2, 0.25) is 0 Å². The monoisotopic (exact) mass is 632 g/mol. The molecule has 0 aliphatic heterocycles. The number of aromatic hydroxyl groups is 1. The van der Waals surface area contributed by atoms with Crippen LogP contribution in [0.2, 0.25) is 0 Å². The number of methoxy groups -OCH3 is 2. The summed E-state index contributed by atoms with van der Waals surface area (Å²) in [5, 5.41) is 9.32. The minimum absolute atomic E-state index is 0.0504. The number of halogens is 2. The van der Waals surface area contributed by atoms with E-state index >= 15 is 0 Å². The van der Waals surface area contributed by atoms with E-state index in [1.165, 1.54) is 20.3 Å².